The lowest BCUT2D eigenvalue weighted by Crippen LogP contribution is -2.06. The van der Waals surface area contributed by atoms with Gasteiger partial charge in [0.05, 0.1) is 12.0 Å². The molecule has 5 nitrogen and oxygen atoms in total. The maximum absolute atomic E-state index is 5.87. The number of nitrogens with zero attached hydrogens (tertiary/aromatic N) is 4. The van der Waals surface area contributed by atoms with E-state index in [-0.39, 0.29) is 5.95 Å². The SMILES string of the molecule is Nc1nc(Cc2ccccc2)c2c(ncn2Cc2ccccc2)n1. The molecule has 0 bridgehead atoms. The van der Waals surface area contributed by atoms with Gasteiger partial charge >= 0.3 is 0 Å². The van der Waals surface area contributed by atoms with Crippen molar-refractivity contribution in [3.05, 3.63) is 83.8 Å². The van der Waals surface area contributed by atoms with Crippen LogP contribution < -0.4 is 5.73 Å². The van der Waals surface area contributed by atoms with E-state index in [2.05, 4.69) is 43.8 Å². The number of rotatable bonds is 4. The molecular weight excluding hydrogens is 298 g/mol. The van der Waals surface area contributed by atoms with Crippen molar-refractivity contribution in [3.63, 3.8) is 0 Å². The van der Waals surface area contributed by atoms with Crippen molar-refractivity contribution in [1.82, 2.24) is 19.5 Å². The molecule has 2 aromatic carbocycles. The molecule has 0 amide bonds. The molecule has 0 aliphatic heterocycles. The Morgan fingerprint density at radius 1 is 0.833 bits per heavy atom. The predicted molar refractivity (Wildman–Crippen MR) is 94.5 cm³/mol. The Morgan fingerprint density at radius 3 is 2.21 bits per heavy atom. The molecule has 4 aromatic rings. The molecule has 2 N–H and O–H groups in total. The van der Waals surface area contributed by atoms with E-state index in [0.29, 0.717) is 12.1 Å². The van der Waals surface area contributed by atoms with Crippen LogP contribution in [0.15, 0.2) is 67.0 Å². The number of nitrogens with two attached hydrogens (primary N) is 1. The average Bonchev–Trinajstić information content (AvgIpc) is 2.99. The van der Waals surface area contributed by atoms with Crippen molar-refractivity contribution in [2.75, 3.05) is 5.73 Å². The largest absolute Gasteiger partial charge is 0.368 e. The molecule has 0 radical (unpaired) electrons. The number of hydrogen-bond acceptors (Lipinski definition) is 4. The second-order valence-electron chi connectivity index (χ2n) is 5.72. The van der Waals surface area contributed by atoms with Crippen molar-refractivity contribution >= 4 is 17.1 Å². The lowest BCUT2D eigenvalue weighted by Gasteiger charge is -2.09. The van der Waals surface area contributed by atoms with Gasteiger partial charge in [0, 0.05) is 13.0 Å². The quantitative estimate of drug-likeness (QED) is 0.628. The number of aromatic nitrogens is 4. The third-order valence-electron chi connectivity index (χ3n) is 3.97. The molecule has 0 saturated heterocycles. The van der Waals surface area contributed by atoms with Gasteiger partial charge in [-0.05, 0) is 11.1 Å². The summed E-state index contributed by atoms with van der Waals surface area (Å²) in [4.78, 5) is 13.2. The third kappa shape index (κ3) is 2.84. The second kappa shape index (κ2) is 6.12. The molecule has 0 unspecified atom stereocenters. The molecule has 5 heteroatoms. The van der Waals surface area contributed by atoms with Crippen molar-refractivity contribution < 1.29 is 0 Å². The predicted octanol–water partition coefficient (Wildman–Crippen LogP) is 3.05. The zero-order chi connectivity index (χ0) is 16.4. The maximum atomic E-state index is 5.87. The zero-order valence-electron chi connectivity index (χ0n) is 13.1. The first-order valence-electron chi connectivity index (χ1n) is 7.84. The van der Waals surface area contributed by atoms with Gasteiger partial charge in [0.1, 0.15) is 5.52 Å². The third-order valence-corrected chi connectivity index (χ3v) is 3.97. The molecule has 0 spiro atoms. The molecule has 4 rings (SSSR count). The number of fused-ring (bicyclic) bond motifs is 1. The Morgan fingerprint density at radius 2 is 1.50 bits per heavy atom. The van der Waals surface area contributed by atoms with E-state index in [1.807, 2.05) is 36.4 Å². The minimum atomic E-state index is 0.262. The topological polar surface area (TPSA) is 69.6 Å². The monoisotopic (exact) mass is 315 g/mol. The van der Waals surface area contributed by atoms with Crippen LogP contribution in [0.2, 0.25) is 0 Å². The van der Waals surface area contributed by atoms with Crippen LogP contribution in [0.4, 0.5) is 5.95 Å². The van der Waals surface area contributed by atoms with Gasteiger partial charge in [-0.15, -0.1) is 0 Å². The van der Waals surface area contributed by atoms with E-state index in [1.165, 1.54) is 11.1 Å². The lowest BCUT2D eigenvalue weighted by molar-refractivity contribution is 0.816. The summed E-state index contributed by atoms with van der Waals surface area (Å²) in [5, 5.41) is 0. The summed E-state index contributed by atoms with van der Waals surface area (Å²) in [6.07, 6.45) is 2.50. The zero-order valence-corrected chi connectivity index (χ0v) is 13.1. The van der Waals surface area contributed by atoms with E-state index in [4.69, 9.17) is 5.73 Å². The van der Waals surface area contributed by atoms with E-state index in [0.717, 1.165) is 17.8 Å². The van der Waals surface area contributed by atoms with E-state index >= 15 is 0 Å². The summed E-state index contributed by atoms with van der Waals surface area (Å²) in [7, 11) is 0. The first-order valence-corrected chi connectivity index (χ1v) is 7.84. The highest BCUT2D eigenvalue weighted by Crippen LogP contribution is 2.20. The minimum Gasteiger partial charge on any atom is -0.368 e. The van der Waals surface area contributed by atoms with Gasteiger partial charge in [-0.3, -0.25) is 0 Å². The van der Waals surface area contributed by atoms with Crippen LogP contribution in [-0.4, -0.2) is 19.5 Å². The Kier molecular flexibility index (Phi) is 3.67. The minimum absolute atomic E-state index is 0.262. The highest BCUT2D eigenvalue weighted by Gasteiger charge is 2.13. The van der Waals surface area contributed by atoms with Gasteiger partial charge < -0.3 is 10.3 Å². The lowest BCUT2D eigenvalue weighted by atomic mass is 10.1. The summed E-state index contributed by atoms with van der Waals surface area (Å²) in [6.45, 7) is 0.729. The molecular formula is C19H17N5. The van der Waals surface area contributed by atoms with Gasteiger partial charge in [0.25, 0.3) is 0 Å². The molecule has 0 aliphatic carbocycles. The van der Waals surface area contributed by atoms with Crippen LogP contribution in [-0.2, 0) is 13.0 Å². The normalized spacial score (nSPS) is 11.0. The number of imidazole rings is 1. The number of anilines is 1. The summed E-state index contributed by atoms with van der Waals surface area (Å²) in [5.41, 5.74) is 10.7. The molecule has 0 atom stereocenters. The number of hydrogen-bond donors (Lipinski definition) is 1. The first kappa shape index (κ1) is 14.4. The van der Waals surface area contributed by atoms with Crippen LogP contribution in [0.25, 0.3) is 11.2 Å². The fraction of sp³-hybridized carbons (Fsp3) is 0.105. The van der Waals surface area contributed by atoms with Gasteiger partial charge in [-0.2, -0.15) is 4.98 Å². The van der Waals surface area contributed by atoms with Crippen LogP contribution in [0.3, 0.4) is 0 Å². The van der Waals surface area contributed by atoms with E-state index in [9.17, 15) is 0 Å². The molecule has 24 heavy (non-hydrogen) atoms. The number of nitrogen functional groups attached to an aromatic ring is 1. The van der Waals surface area contributed by atoms with Crippen molar-refractivity contribution in [2.45, 2.75) is 13.0 Å². The van der Waals surface area contributed by atoms with Crippen LogP contribution in [0, 0.1) is 0 Å². The Balaban J connectivity index is 1.78. The van der Waals surface area contributed by atoms with Gasteiger partial charge in [0.2, 0.25) is 5.95 Å². The maximum Gasteiger partial charge on any atom is 0.222 e. The fourth-order valence-electron chi connectivity index (χ4n) is 2.89. The summed E-state index contributed by atoms with van der Waals surface area (Å²) in [6, 6.07) is 20.5. The number of benzene rings is 2. The van der Waals surface area contributed by atoms with Crippen LogP contribution >= 0.6 is 0 Å². The Hall–Kier alpha value is -3.21. The van der Waals surface area contributed by atoms with Crippen LogP contribution in [0.5, 0.6) is 0 Å². The summed E-state index contributed by atoms with van der Waals surface area (Å²) in [5.74, 6) is 0.262. The molecule has 0 aliphatic rings. The molecule has 2 heterocycles. The molecule has 118 valence electrons. The van der Waals surface area contributed by atoms with Crippen molar-refractivity contribution in [3.8, 4) is 0 Å². The Bertz CT molecular complexity index is 961. The molecule has 2 aromatic heterocycles. The smallest absolute Gasteiger partial charge is 0.222 e. The summed E-state index contributed by atoms with van der Waals surface area (Å²) < 4.78 is 2.09. The second-order valence-corrected chi connectivity index (χ2v) is 5.72. The van der Waals surface area contributed by atoms with Crippen molar-refractivity contribution in [1.29, 1.82) is 0 Å². The fourth-order valence-corrected chi connectivity index (χ4v) is 2.89. The van der Waals surface area contributed by atoms with Crippen molar-refractivity contribution in [2.24, 2.45) is 0 Å². The van der Waals surface area contributed by atoms with Crippen LogP contribution in [0.1, 0.15) is 16.8 Å². The average molecular weight is 315 g/mol. The standard InChI is InChI=1S/C19H17N5/c20-19-22-16(11-14-7-3-1-4-8-14)17-18(23-19)21-13-24(17)12-15-9-5-2-6-10-15/h1-10,13H,11-12H2,(H2,20,22,23). The van der Waals surface area contributed by atoms with Gasteiger partial charge in [-0.25, -0.2) is 9.97 Å². The van der Waals surface area contributed by atoms with E-state index in [1.54, 1.807) is 6.33 Å². The molecule has 0 saturated carbocycles. The molecule has 0 fully saturated rings. The highest BCUT2D eigenvalue weighted by atomic mass is 15.1. The summed E-state index contributed by atoms with van der Waals surface area (Å²) >= 11 is 0. The van der Waals surface area contributed by atoms with Gasteiger partial charge in [0.15, 0.2) is 5.65 Å². The van der Waals surface area contributed by atoms with E-state index < -0.39 is 0 Å². The highest BCUT2D eigenvalue weighted by molar-refractivity contribution is 5.75. The van der Waals surface area contributed by atoms with Gasteiger partial charge in [-0.1, -0.05) is 60.7 Å². The first-order chi connectivity index (χ1) is 11.8. The Labute approximate surface area is 139 Å².